The summed E-state index contributed by atoms with van der Waals surface area (Å²) in [5.41, 5.74) is 0.881. The van der Waals surface area contributed by atoms with Crippen molar-refractivity contribution in [3.8, 4) is 0 Å². The lowest BCUT2D eigenvalue weighted by molar-refractivity contribution is -0.135. The molecule has 0 aromatic heterocycles. The summed E-state index contributed by atoms with van der Waals surface area (Å²) >= 11 is 0. The summed E-state index contributed by atoms with van der Waals surface area (Å²) in [7, 11) is 0. The topological polar surface area (TPSA) is 32.3 Å². The molecule has 1 aromatic rings. The van der Waals surface area contributed by atoms with Crippen molar-refractivity contribution in [1.82, 2.24) is 10.2 Å². The van der Waals surface area contributed by atoms with Crippen LogP contribution in [-0.4, -0.2) is 37.0 Å². The van der Waals surface area contributed by atoms with Gasteiger partial charge in [0.15, 0.2) is 0 Å². The molecule has 0 saturated carbocycles. The van der Waals surface area contributed by atoms with E-state index in [4.69, 9.17) is 0 Å². The minimum Gasteiger partial charge on any atom is -0.340 e. The summed E-state index contributed by atoms with van der Waals surface area (Å²) in [4.78, 5) is 14.1. The zero-order chi connectivity index (χ0) is 13.0. The van der Waals surface area contributed by atoms with Crippen molar-refractivity contribution in [2.24, 2.45) is 5.92 Å². The number of carbonyl (C=O) groups excluding carboxylic acids is 1. The summed E-state index contributed by atoms with van der Waals surface area (Å²) in [6, 6.07) is 6.48. The second-order valence-electron chi connectivity index (χ2n) is 4.81. The largest absolute Gasteiger partial charge is 0.340 e. The third kappa shape index (κ3) is 3.29. The Bertz CT molecular complexity index is 416. The second kappa shape index (κ2) is 5.96. The Kier molecular flexibility index (Phi) is 4.31. The number of benzene rings is 1. The monoisotopic (exact) mass is 250 g/mol. The van der Waals surface area contributed by atoms with Gasteiger partial charge in [-0.05, 0) is 24.1 Å². The van der Waals surface area contributed by atoms with E-state index in [9.17, 15) is 9.18 Å². The number of hydrogen-bond donors (Lipinski definition) is 1. The number of nitrogens with zero attached hydrogens (tertiary/aromatic N) is 1. The number of halogens is 1. The lowest BCUT2D eigenvalue weighted by Gasteiger charge is -2.29. The first-order valence-electron chi connectivity index (χ1n) is 6.41. The van der Waals surface area contributed by atoms with Crippen molar-refractivity contribution in [1.29, 1.82) is 0 Å². The first-order chi connectivity index (χ1) is 8.66. The van der Waals surface area contributed by atoms with Crippen molar-refractivity contribution in [2.45, 2.75) is 13.3 Å². The van der Waals surface area contributed by atoms with Crippen LogP contribution >= 0.6 is 0 Å². The van der Waals surface area contributed by atoms with Gasteiger partial charge >= 0.3 is 0 Å². The van der Waals surface area contributed by atoms with Gasteiger partial charge in [0.2, 0.25) is 5.91 Å². The van der Waals surface area contributed by atoms with Gasteiger partial charge < -0.3 is 10.2 Å². The van der Waals surface area contributed by atoms with E-state index in [0.717, 1.165) is 31.7 Å². The number of hydrogen-bond acceptors (Lipinski definition) is 2. The number of rotatable bonds is 3. The molecule has 1 atom stereocenters. The van der Waals surface area contributed by atoms with Crippen LogP contribution in [0.4, 0.5) is 4.39 Å². The Morgan fingerprint density at radius 1 is 1.44 bits per heavy atom. The van der Waals surface area contributed by atoms with Gasteiger partial charge in [-0.2, -0.15) is 0 Å². The van der Waals surface area contributed by atoms with Crippen LogP contribution in [0.2, 0.25) is 0 Å². The van der Waals surface area contributed by atoms with Crippen LogP contribution in [0.3, 0.4) is 0 Å². The van der Waals surface area contributed by atoms with Crippen LogP contribution in [0.1, 0.15) is 12.5 Å². The van der Waals surface area contributed by atoms with Crippen LogP contribution in [-0.2, 0) is 11.2 Å². The van der Waals surface area contributed by atoms with Crippen LogP contribution in [0.5, 0.6) is 0 Å². The van der Waals surface area contributed by atoms with Crippen molar-refractivity contribution in [2.75, 3.05) is 26.2 Å². The predicted octanol–water partition coefficient (Wildman–Crippen LogP) is 1.44. The first kappa shape index (κ1) is 13.0. The van der Waals surface area contributed by atoms with Gasteiger partial charge in [0, 0.05) is 32.1 Å². The molecular weight excluding hydrogens is 231 g/mol. The highest BCUT2D eigenvalue weighted by Gasteiger charge is 2.22. The third-order valence-electron chi connectivity index (χ3n) is 3.28. The number of nitrogens with one attached hydrogen (secondary N) is 1. The van der Waals surface area contributed by atoms with Crippen LogP contribution in [0, 0.1) is 11.7 Å². The molecule has 1 aliphatic heterocycles. The molecule has 1 unspecified atom stereocenters. The molecule has 1 fully saturated rings. The fourth-order valence-corrected chi connectivity index (χ4v) is 2.30. The normalized spacial score (nSPS) is 17.6. The minimum absolute atomic E-state index is 0.0927. The highest BCUT2D eigenvalue weighted by molar-refractivity contribution is 5.78. The molecule has 98 valence electrons. The Hall–Kier alpha value is -1.42. The van der Waals surface area contributed by atoms with E-state index >= 15 is 0 Å². The molecule has 1 amide bonds. The van der Waals surface area contributed by atoms with Gasteiger partial charge in [-0.3, -0.25) is 4.79 Å². The fraction of sp³-hybridized carbons (Fsp3) is 0.500. The van der Waals surface area contributed by atoms with Gasteiger partial charge in [0.05, 0.1) is 0 Å². The summed E-state index contributed by atoms with van der Waals surface area (Å²) in [5.74, 6) is -0.167. The standard InChI is InChI=1S/C14H19FN2O/c1-11(9-12-3-2-4-13(15)10-12)14(18)17-7-5-16-6-8-17/h2-4,10-11,16H,5-9H2,1H3. The van der Waals surface area contributed by atoms with Crippen LogP contribution in [0.25, 0.3) is 0 Å². The number of carbonyl (C=O) groups is 1. The smallest absolute Gasteiger partial charge is 0.225 e. The van der Waals surface area contributed by atoms with Crippen molar-refractivity contribution in [3.05, 3.63) is 35.6 Å². The van der Waals surface area contributed by atoms with E-state index < -0.39 is 0 Å². The third-order valence-corrected chi connectivity index (χ3v) is 3.28. The number of piperazine rings is 1. The highest BCUT2D eigenvalue weighted by atomic mass is 19.1. The summed E-state index contributed by atoms with van der Waals surface area (Å²) in [6.07, 6.45) is 0.598. The molecule has 1 heterocycles. The maximum atomic E-state index is 13.1. The summed E-state index contributed by atoms with van der Waals surface area (Å²) in [6.45, 7) is 5.17. The molecule has 1 N–H and O–H groups in total. The second-order valence-corrected chi connectivity index (χ2v) is 4.81. The SMILES string of the molecule is CC(Cc1cccc(F)c1)C(=O)N1CCNCC1. The molecule has 1 saturated heterocycles. The molecule has 3 nitrogen and oxygen atoms in total. The molecule has 0 radical (unpaired) electrons. The van der Waals surface area contributed by atoms with E-state index in [2.05, 4.69) is 5.32 Å². The highest BCUT2D eigenvalue weighted by Crippen LogP contribution is 2.13. The van der Waals surface area contributed by atoms with Crippen molar-refractivity contribution in [3.63, 3.8) is 0 Å². The molecule has 0 aliphatic carbocycles. The zero-order valence-electron chi connectivity index (χ0n) is 10.7. The van der Waals surface area contributed by atoms with E-state index in [1.54, 1.807) is 6.07 Å². The van der Waals surface area contributed by atoms with Crippen molar-refractivity contribution >= 4 is 5.91 Å². The molecule has 2 rings (SSSR count). The summed E-state index contributed by atoms with van der Waals surface area (Å²) in [5, 5.41) is 3.22. The summed E-state index contributed by atoms with van der Waals surface area (Å²) < 4.78 is 13.1. The quantitative estimate of drug-likeness (QED) is 0.880. The van der Waals surface area contributed by atoms with Crippen LogP contribution in [0.15, 0.2) is 24.3 Å². The van der Waals surface area contributed by atoms with Crippen molar-refractivity contribution < 1.29 is 9.18 Å². The molecule has 4 heteroatoms. The number of amides is 1. The fourth-order valence-electron chi connectivity index (χ4n) is 2.30. The van der Waals surface area contributed by atoms with Gasteiger partial charge in [-0.25, -0.2) is 4.39 Å². The minimum atomic E-state index is -0.241. The van der Waals surface area contributed by atoms with E-state index in [1.165, 1.54) is 12.1 Å². The van der Waals surface area contributed by atoms with Gasteiger partial charge in [-0.1, -0.05) is 19.1 Å². The Morgan fingerprint density at radius 2 is 2.17 bits per heavy atom. The average molecular weight is 250 g/mol. The Morgan fingerprint density at radius 3 is 2.83 bits per heavy atom. The van der Waals surface area contributed by atoms with Crippen LogP contribution < -0.4 is 5.32 Å². The van der Waals surface area contributed by atoms with E-state index in [-0.39, 0.29) is 17.6 Å². The molecule has 0 spiro atoms. The molecule has 1 aliphatic rings. The van der Waals surface area contributed by atoms with E-state index in [1.807, 2.05) is 17.9 Å². The van der Waals surface area contributed by atoms with Gasteiger partial charge in [0.25, 0.3) is 0 Å². The Balaban J connectivity index is 1.94. The lowest BCUT2D eigenvalue weighted by Crippen LogP contribution is -2.48. The predicted molar refractivity (Wildman–Crippen MR) is 68.7 cm³/mol. The maximum Gasteiger partial charge on any atom is 0.225 e. The van der Waals surface area contributed by atoms with Gasteiger partial charge in [-0.15, -0.1) is 0 Å². The lowest BCUT2D eigenvalue weighted by atomic mass is 9.99. The first-order valence-corrected chi connectivity index (χ1v) is 6.41. The molecule has 0 bridgehead atoms. The Labute approximate surface area is 107 Å². The maximum absolute atomic E-state index is 13.1. The zero-order valence-corrected chi connectivity index (χ0v) is 10.7. The average Bonchev–Trinajstić information content (AvgIpc) is 2.39. The van der Waals surface area contributed by atoms with Gasteiger partial charge in [0.1, 0.15) is 5.82 Å². The van der Waals surface area contributed by atoms with E-state index in [0.29, 0.717) is 6.42 Å². The molecule has 18 heavy (non-hydrogen) atoms. The molecule has 1 aromatic carbocycles. The molecular formula is C14H19FN2O.